The van der Waals surface area contributed by atoms with E-state index in [0.717, 1.165) is 16.9 Å². The standard InChI is InChI=1S/C20H21N3O5S/c1-12-6-4-5-7-14(12)22-18(25)17-13(2)16-19(29-17)21-11-23(20(16)26)10-15(24)28-9-8-27-3/h4-7,11H,8-10H2,1-3H3,(H,22,25). The first-order valence-electron chi connectivity index (χ1n) is 8.92. The molecule has 0 aliphatic rings. The van der Waals surface area contributed by atoms with Crippen LogP contribution in [0.25, 0.3) is 10.2 Å². The predicted octanol–water partition coefficient (Wildman–Crippen LogP) is 2.52. The van der Waals surface area contributed by atoms with E-state index in [0.29, 0.717) is 26.3 Å². The third-order valence-corrected chi connectivity index (χ3v) is 5.57. The summed E-state index contributed by atoms with van der Waals surface area (Å²) in [5.74, 6) is -0.861. The van der Waals surface area contributed by atoms with Crippen molar-refractivity contribution in [3.63, 3.8) is 0 Å². The number of aromatic nitrogens is 2. The predicted molar refractivity (Wildman–Crippen MR) is 111 cm³/mol. The second kappa shape index (κ2) is 8.97. The third-order valence-electron chi connectivity index (χ3n) is 4.37. The van der Waals surface area contributed by atoms with Gasteiger partial charge in [-0.3, -0.25) is 19.0 Å². The van der Waals surface area contributed by atoms with Crippen LogP contribution >= 0.6 is 11.3 Å². The van der Waals surface area contributed by atoms with Crippen molar-refractivity contribution in [2.45, 2.75) is 20.4 Å². The van der Waals surface area contributed by atoms with E-state index in [2.05, 4.69) is 10.3 Å². The van der Waals surface area contributed by atoms with E-state index in [-0.39, 0.29) is 31.2 Å². The van der Waals surface area contributed by atoms with Gasteiger partial charge in [0.25, 0.3) is 11.5 Å². The van der Waals surface area contributed by atoms with E-state index in [1.165, 1.54) is 18.0 Å². The number of thiophene rings is 1. The molecule has 29 heavy (non-hydrogen) atoms. The molecule has 1 aromatic carbocycles. The normalized spacial score (nSPS) is 10.9. The lowest BCUT2D eigenvalue weighted by atomic mass is 10.2. The summed E-state index contributed by atoms with van der Waals surface area (Å²) in [7, 11) is 1.50. The van der Waals surface area contributed by atoms with E-state index in [4.69, 9.17) is 9.47 Å². The lowest BCUT2D eigenvalue weighted by molar-refractivity contribution is -0.145. The molecule has 2 heterocycles. The molecule has 2 aromatic heterocycles. The van der Waals surface area contributed by atoms with Crippen molar-refractivity contribution in [2.24, 2.45) is 0 Å². The Balaban J connectivity index is 1.86. The molecule has 0 atom stereocenters. The van der Waals surface area contributed by atoms with Crippen molar-refractivity contribution in [3.8, 4) is 0 Å². The topological polar surface area (TPSA) is 99.5 Å². The van der Waals surface area contributed by atoms with Crippen LogP contribution in [0.3, 0.4) is 0 Å². The molecule has 0 radical (unpaired) electrons. The van der Waals surface area contributed by atoms with Crippen molar-refractivity contribution >= 4 is 39.1 Å². The van der Waals surface area contributed by atoms with E-state index >= 15 is 0 Å². The maximum Gasteiger partial charge on any atom is 0.326 e. The molecule has 152 valence electrons. The number of methoxy groups -OCH3 is 1. The molecule has 0 saturated carbocycles. The Morgan fingerprint density at radius 2 is 1.97 bits per heavy atom. The van der Waals surface area contributed by atoms with Crippen molar-refractivity contribution in [2.75, 3.05) is 25.6 Å². The molecule has 8 nitrogen and oxygen atoms in total. The Kier molecular flexibility index (Phi) is 6.40. The maximum atomic E-state index is 12.8. The average Bonchev–Trinajstić information content (AvgIpc) is 3.03. The largest absolute Gasteiger partial charge is 0.462 e. The molecule has 3 aromatic rings. The molecule has 0 bridgehead atoms. The zero-order valence-electron chi connectivity index (χ0n) is 16.4. The van der Waals surface area contributed by atoms with Crippen LogP contribution < -0.4 is 10.9 Å². The van der Waals surface area contributed by atoms with Crippen molar-refractivity contribution in [3.05, 3.63) is 57.0 Å². The lowest BCUT2D eigenvalue weighted by Gasteiger charge is -2.07. The molecule has 9 heteroatoms. The van der Waals surface area contributed by atoms with Crippen LogP contribution in [-0.2, 0) is 20.8 Å². The van der Waals surface area contributed by atoms with E-state index < -0.39 is 5.97 Å². The average molecular weight is 415 g/mol. The highest BCUT2D eigenvalue weighted by atomic mass is 32.1. The van der Waals surface area contributed by atoms with Gasteiger partial charge in [0.2, 0.25) is 0 Å². The minimum Gasteiger partial charge on any atom is -0.462 e. The van der Waals surface area contributed by atoms with E-state index in [9.17, 15) is 14.4 Å². The number of nitrogens with zero attached hydrogens (tertiary/aromatic N) is 2. The second-order valence-corrected chi connectivity index (χ2v) is 7.40. The van der Waals surface area contributed by atoms with Crippen LogP contribution in [0.2, 0.25) is 0 Å². The van der Waals surface area contributed by atoms with Crippen molar-refractivity contribution in [1.29, 1.82) is 0 Å². The molecule has 0 unspecified atom stereocenters. The van der Waals surface area contributed by atoms with Gasteiger partial charge in [-0.05, 0) is 31.0 Å². The molecule has 0 spiro atoms. The van der Waals surface area contributed by atoms with Crippen LogP contribution in [-0.4, -0.2) is 41.8 Å². The first kappa shape index (κ1) is 20.7. The summed E-state index contributed by atoms with van der Waals surface area (Å²) < 4.78 is 11.0. The molecule has 0 aliphatic heterocycles. The molecular weight excluding hydrogens is 394 g/mol. The number of carbonyl (C=O) groups is 2. The molecule has 1 N–H and O–H groups in total. The summed E-state index contributed by atoms with van der Waals surface area (Å²) in [5, 5.41) is 3.20. The van der Waals surface area contributed by atoms with Gasteiger partial charge in [0.15, 0.2) is 0 Å². The van der Waals surface area contributed by atoms with Crippen molar-refractivity contribution in [1.82, 2.24) is 9.55 Å². The number of rotatable bonds is 7. The Bertz CT molecular complexity index is 1120. The molecule has 3 rings (SSSR count). The van der Waals surface area contributed by atoms with Gasteiger partial charge in [-0.25, -0.2) is 4.98 Å². The van der Waals surface area contributed by atoms with Gasteiger partial charge in [0.1, 0.15) is 18.0 Å². The number of fused-ring (bicyclic) bond motifs is 1. The number of anilines is 1. The number of ether oxygens (including phenoxy) is 2. The molecular formula is C20H21N3O5S. The summed E-state index contributed by atoms with van der Waals surface area (Å²) >= 11 is 1.15. The van der Waals surface area contributed by atoms with Gasteiger partial charge in [0.05, 0.1) is 23.2 Å². The summed E-state index contributed by atoms with van der Waals surface area (Å²) in [6, 6.07) is 7.45. The first-order valence-corrected chi connectivity index (χ1v) is 9.74. The highest BCUT2D eigenvalue weighted by Crippen LogP contribution is 2.28. The summed E-state index contributed by atoms with van der Waals surface area (Å²) in [6.45, 7) is 3.74. The third kappa shape index (κ3) is 4.52. The molecule has 0 saturated heterocycles. The fourth-order valence-corrected chi connectivity index (χ4v) is 3.84. The molecule has 1 amide bonds. The highest BCUT2D eigenvalue weighted by molar-refractivity contribution is 7.20. The number of hydrogen-bond donors (Lipinski definition) is 1. The molecule has 0 fully saturated rings. The smallest absolute Gasteiger partial charge is 0.326 e. The van der Waals surface area contributed by atoms with Gasteiger partial charge in [-0.15, -0.1) is 11.3 Å². The maximum absolute atomic E-state index is 12.8. The first-order chi connectivity index (χ1) is 13.9. The zero-order valence-corrected chi connectivity index (χ0v) is 17.2. The van der Waals surface area contributed by atoms with Gasteiger partial charge in [-0.1, -0.05) is 18.2 Å². The number of amides is 1. The number of hydrogen-bond acceptors (Lipinski definition) is 7. The van der Waals surface area contributed by atoms with Gasteiger partial charge in [0, 0.05) is 12.8 Å². The van der Waals surface area contributed by atoms with Crippen LogP contribution in [0, 0.1) is 13.8 Å². The highest BCUT2D eigenvalue weighted by Gasteiger charge is 2.20. The number of benzene rings is 1. The minimum atomic E-state index is -0.560. The fourth-order valence-electron chi connectivity index (χ4n) is 2.80. The minimum absolute atomic E-state index is 0.112. The number of nitrogens with one attached hydrogen (secondary N) is 1. The lowest BCUT2D eigenvalue weighted by Crippen LogP contribution is -2.26. The van der Waals surface area contributed by atoms with Crippen LogP contribution in [0.1, 0.15) is 20.8 Å². The summed E-state index contributed by atoms with van der Waals surface area (Å²) in [5.41, 5.74) is 1.80. The Morgan fingerprint density at radius 3 is 2.69 bits per heavy atom. The zero-order chi connectivity index (χ0) is 21.0. The fraction of sp³-hybridized carbons (Fsp3) is 0.300. The van der Waals surface area contributed by atoms with Gasteiger partial charge < -0.3 is 14.8 Å². The number of para-hydroxylation sites is 1. The van der Waals surface area contributed by atoms with Crippen molar-refractivity contribution < 1.29 is 19.1 Å². The summed E-state index contributed by atoms with van der Waals surface area (Å²) in [6.07, 6.45) is 1.29. The Morgan fingerprint density at radius 1 is 1.21 bits per heavy atom. The van der Waals surface area contributed by atoms with E-state index in [1.807, 2.05) is 31.2 Å². The van der Waals surface area contributed by atoms with E-state index in [1.54, 1.807) is 6.92 Å². The van der Waals surface area contributed by atoms with Gasteiger partial charge in [-0.2, -0.15) is 0 Å². The quantitative estimate of drug-likeness (QED) is 0.470. The Labute approximate surface area is 171 Å². The summed E-state index contributed by atoms with van der Waals surface area (Å²) in [4.78, 5) is 42.6. The number of aryl methyl sites for hydroxylation is 2. The Hall–Kier alpha value is -3.04. The number of carbonyl (C=O) groups excluding carboxylic acids is 2. The number of esters is 1. The van der Waals surface area contributed by atoms with Crippen LogP contribution in [0.4, 0.5) is 5.69 Å². The molecule has 0 aliphatic carbocycles. The SMILES string of the molecule is COCCOC(=O)Cn1cnc2sc(C(=O)Nc3ccccc3C)c(C)c2c1=O. The van der Waals surface area contributed by atoms with Crippen LogP contribution in [0.5, 0.6) is 0 Å². The van der Waals surface area contributed by atoms with Gasteiger partial charge >= 0.3 is 5.97 Å². The van der Waals surface area contributed by atoms with Crippen LogP contribution in [0.15, 0.2) is 35.4 Å². The monoisotopic (exact) mass is 415 g/mol. The second-order valence-electron chi connectivity index (χ2n) is 6.40.